The fourth-order valence-corrected chi connectivity index (χ4v) is 3.28. The van der Waals surface area contributed by atoms with Gasteiger partial charge in [-0.25, -0.2) is 9.37 Å². The van der Waals surface area contributed by atoms with E-state index in [1.54, 1.807) is 23.5 Å². The third-order valence-corrected chi connectivity index (χ3v) is 4.39. The fraction of sp³-hybridized carbons (Fsp3) is 0.214. The molecule has 104 valence electrons. The Hall–Kier alpha value is -1.59. The van der Waals surface area contributed by atoms with E-state index in [9.17, 15) is 4.39 Å². The molecule has 0 spiro atoms. The summed E-state index contributed by atoms with van der Waals surface area (Å²) < 4.78 is 15.8. The minimum Gasteiger partial charge on any atom is -0.377 e. The van der Waals surface area contributed by atoms with Crippen LogP contribution in [0, 0.1) is 19.7 Å². The van der Waals surface area contributed by atoms with Crippen LogP contribution in [0.4, 0.5) is 10.1 Å². The largest absolute Gasteiger partial charge is 0.377 e. The number of thiazole rings is 1. The topological polar surface area (TPSA) is 29.3 Å². The van der Waals surface area contributed by atoms with Crippen molar-refractivity contribution in [2.75, 3.05) is 5.32 Å². The van der Waals surface area contributed by atoms with Gasteiger partial charge in [-0.3, -0.25) is 4.40 Å². The first-order valence-electron chi connectivity index (χ1n) is 6.17. The van der Waals surface area contributed by atoms with Gasteiger partial charge in [0.2, 0.25) is 0 Å². The van der Waals surface area contributed by atoms with Crippen LogP contribution in [-0.4, -0.2) is 9.38 Å². The Balaban J connectivity index is 1.90. The highest BCUT2D eigenvalue weighted by Gasteiger charge is 2.12. The monoisotopic (exact) mass is 309 g/mol. The SMILES string of the molecule is Cc1nc2scc(C)n2c1CNc1ccc(Cl)cc1F. The van der Waals surface area contributed by atoms with Crippen LogP contribution in [-0.2, 0) is 6.54 Å². The highest BCUT2D eigenvalue weighted by atomic mass is 35.5. The maximum atomic E-state index is 13.7. The third-order valence-electron chi connectivity index (χ3n) is 3.21. The summed E-state index contributed by atoms with van der Waals surface area (Å²) in [4.78, 5) is 5.48. The van der Waals surface area contributed by atoms with E-state index in [1.807, 2.05) is 13.8 Å². The van der Waals surface area contributed by atoms with Crippen molar-refractivity contribution < 1.29 is 4.39 Å². The van der Waals surface area contributed by atoms with Gasteiger partial charge in [0.15, 0.2) is 4.96 Å². The molecule has 6 heteroatoms. The molecule has 0 amide bonds. The summed E-state index contributed by atoms with van der Waals surface area (Å²) in [7, 11) is 0. The molecule has 1 aromatic carbocycles. The zero-order chi connectivity index (χ0) is 14.3. The summed E-state index contributed by atoms with van der Waals surface area (Å²) in [6, 6.07) is 4.62. The second-order valence-electron chi connectivity index (χ2n) is 4.62. The van der Waals surface area contributed by atoms with Gasteiger partial charge in [-0.15, -0.1) is 11.3 Å². The van der Waals surface area contributed by atoms with Gasteiger partial charge >= 0.3 is 0 Å². The molecule has 0 unspecified atom stereocenters. The number of anilines is 1. The van der Waals surface area contributed by atoms with E-state index in [0.717, 1.165) is 22.0 Å². The molecule has 0 fully saturated rings. The molecule has 1 N–H and O–H groups in total. The number of aromatic nitrogens is 2. The van der Waals surface area contributed by atoms with Crippen LogP contribution in [0.1, 0.15) is 17.1 Å². The van der Waals surface area contributed by atoms with E-state index >= 15 is 0 Å². The summed E-state index contributed by atoms with van der Waals surface area (Å²) in [5, 5.41) is 5.56. The van der Waals surface area contributed by atoms with Gasteiger partial charge in [0.1, 0.15) is 5.82 Å². The highest BCUT2D eigenvalue weighted by Crippen LogP contribution is 2.23. The van der Waals surface area contributed by atoms with Gasteiger partial charge in [-0.05, 0) is 32.0 Å². The Kier molecular flexibility index (Phi) is 3.40. The molecule has 0 aliphatic rings. The highest BCUT2D eigenvalue weighted by molar-refractivity contribution is 7.15. The van der Waals surface area contributed by atoms with Gasteiger partial charge in [0.25, 0.3) is 0 Å². The van der Waals surface area contributed by atoms with Gasteiger partial charge in [0.05, 0.1) is 23.6 Å². The number of nitrogens with one attached hydrogen (secondary N) is 1. The number of imidazole rings is 1. The van der Waals surface area contributed by atoms with Crippen molar-refractivity contribution in [3.63, 3.8) is 0 Å². The zero-order valence-corrected chi connectivity index (χ0v) is 12.6. The van der Waals surface area contributed by atoms with Crippen LogP contribution in [0.15, 0.2) is 23.6 Å². The number of nitrogens with zero attached hydrogens (tertiary/aromatic N) is 2. The Morgan fingerprint density at radius 3 is 2.95 bits per heavy atom. The average molecular weight is 310 g/mol. The molecule has 2 aromatic heterocycles. The predicted molar refractivity (Wildman–Crippen MR) is 81.3 cm³/mol. The predicted octanol–water partition coefficient (Wildman–Crippen LogP) is 4.42. The summed E-state index contributed by atoms with van der Waals surface area (Å²) in [6.45, 7) is 4.52. The van der Waals surface area contributed by atoms with Crippen LogP contribution >= 0.6 is 22.9 Å². The van der Waals surface area contributed by atoms with Gasteiger partial charge in [0, 0.05) is 16.1 Å². The maximum absolute atomic E-state index is 13.7. The summed E-state index contributed by atoms with van der Waals surface area (Å²) >= 11 is 7.35. The van der Waals surface area contributed by atoms with Crippen LogP contribution < -0.4 is 5.32 Å². The van der Waals surface area contributed by atoms with Crippen molar-refractivity contribution in [1.82, 2.24) is 9.38 Å². The normalized spacial score (nSPS) is 11.2. The number of hydrogen-bond acceptors (Lipinski definition) is 3. The molecule has 0 saturated heterocycles. The fourth-order valence-electron chi connectivity index (χ4n) is 2.19. The Labute approximate surface area is 125 Å². The Bertz CT molecular complexity index is 778. The standard InChI is InChI=1S/C14H13ClFN3S/c1-8-7-20-14-18-9(2)13(19(8)14)6-17-12-4-3-10(15)5-11(12)16/h3-5,7,17H,6H2,1-2H3. The Morgan fingerprint density at radius 2 is 2.20 bits per heavy atom. The third kappa shape index (κ3) is 2.27. The summed E-state index contributed by atoms with van der Waals surface area (Å²) in [6.07, 6.45) is 0. The second-order valence-corrected chi connectivity index (χ2v) is 5.89. The average Bonchev–Trinajstić information content (AvgIpc) is 2.89. The minimum atomic E-state index is -0.349. The van der Waals surface area contributed by atoms with Crippen LogP contribution in [0.2, 0.25) is 5.02 Å². The first kappa shape index (κ1) is 13.4. The number of fused-ring (bicyclic) bond motifs is 1. The van der Waals surface area contributed by atoms with Crippen LogP contribution in [0.5, 0.6) is 0 Å². The lowest BCUT2D eigenvalue weighted by atomic mass is 10.2. The van der Waals surface area contributed by atoms with E-state index in [4.69, 9.17) is 11.6 Å². The second kappa shape index (κ2) is 5.07. The van der Waals surface area contributed by atoms with Gasteiger partial charge < -0.3 is 5.32 Å². The smallest absolute Gasteiger partial charge is 0.194 e. The molecular weight excluding hydrogens is 297 g/mol. The molecule has 2 heterocycles. The van der Waals surface area contributed by atoms with Crippen molar-refractivity contribution >= 4 is 33.6 Å². The molecule has 0 atom stereocenters. The maximum Gasteiger partial charge on any atom is 0.194 e. The molecule has 0 aliphatic heterocycles. The van der Waals surface area contributed by atoms with Gasteiger partial charge in [-0.1, -0.05) is 11.6 Å². The van der Waals surface area contributed by atoms with Crippen molar-refractivity contribution in [2.45, 2.75) is 20.4 Å². The van der Waals surface area contributed by atoms with Crippen molar-refractivity contribution in [3.8, 4) is 0 Å². The number of aryl methyl sites for hydroxylation is 2. The van der Waals surface area contributed by atoms with E-state index in [2.05, 4.69) is 20.1 Å². The molecule has 3 rings (SSSR count). The summed E-state index contributed by atoms with van der Waals surface area (Å²) in [5.74, 6) is -0.349. The minimum absolute atomic E-state index is 0.349. The molecule has 0 radical (unpaired) electrons. The molecule has 3 nitrogen and oxygen atoms in total. The molecule has 3 aromatic rings. The van der Waals surface area contributed by atoms with E-state index in [0.29, 0.717) is 17.3 Å². The van der Waals surface area contributed by atoms with Crippen LogP contribution in [0.25, 0.3) is 4.96 Å². The Morgan fingerprint density at radius 1 is 1.40 bits per heavy atom. The van der Waals surface area contributed by atoms with E-state index in [1.165, 1.54) is 6.07 Å². The lowest BCUT2D eigenvalue weighted by Crippen LogP contribution is -2.06. The summed E-state index contributed by atoms with van der Waals surface area (Å²) in [5.41, 5.74) is 3.59. The van der Waals surface area contributed by atoms with Crippen molar-refractivity contribution in [2.24, 2.45) is 0 Å². The quantitative estimate of drug-likeness (QED) is 0.776. The molecule has 0 bridgehead atoms. The van der Waals surface area contributed by atoms with Crippen LogP contribution in [0.3, 0.4) is 0 Å². The van der Waals surface area contributed by atoms with Gasteiger partial charge in [-0.2, -0.15) is 0 Å². The number of benzene rings is 1. The molecule has 20 heavy (non-hydrogen) atoms. The number of halogens is 2. The lowest BCUT2D eigenvalue weighted by Gasteiger charge is -2.08. The first-order chi connectivity index (χ1) is 9.56. The number of rotatable bonds is 3. The lowest BCUT2D eigenvalue weighted by molar-refractivity contribution is 0.630. The van der Waals surface area contributed by atoms with E-state index in [-0.39, 0.29) is 5.82 Å². The molecule has 0 aliphatic carbocycles. The number of hydrogen-bond donors (Lipinski definition) is 1. The van der Waals surface area contributed by atoms with E-state index < -0.39 is 0 Å². The molecule has 0 saturated carbocycles. The van der Waals surface area contributed by atoms with Crippen molar-refractivity contribution in [1.29, 1.82) is 0 Å². The van der Waals surface area contributed by atoms with Crippen molar-refractivity contribution in [3.05, 3.63) is 51.5 Å². The first-order valence-corrected chi connectivity index (χ1v) is 7.43. The molecular formula is C14H13ClFN3S. The zero-order valence-electron chi connectivity index (χ0n) is 11.1.